The first kappa shape index (κ1) is 15.2. The van der Waals surface area contributed by atoms with Crippen LogP contribution in [0.2, 0.25) is 0 Å². The van der Waals surface area contributed by atoms with E-state index in [0.29, 0.717) is 22.1 Å². The number of benzene rings is 2. The summed E-state index contributed by atoms with van der Waals surface area (Å²) in [6, 6.07) is 14.2. The largest absolute Gasteiger partial charge is 0.332 e. The maximum Gasteiger partial charge on any atom is 0.221 e. The summed E-state index contributed by atoms with van der Waals surface area (Å²) in [5, 5.41) is 8.22. The van der Waals surface area contributed by atoms with Crippen molar-refractivity contribution in [3.8, 4) is 11.3 Å². The van der Waals surface area contributed by atoms with Gasteiger partial charge in [-0.05, 0) is 30.3 Å². The van der Waals surface area contributed by atoms with Crippen LogP contribution >= 0.6 is 11.3 Å². The molecule has 4 nitrogen and oxygen atoms in total. The molecule has 0 radical (unpaired) electrons. The predicted molar refractivity (Wildman–Crippen MR) is 91.5 cm³/mol. The van der Waals surface area contributed by atoms with Gasteiger partial charge in [0.05, 0.1) is 5.69 Å². The van der Waals surface area contributed by atoms with Gasteiger partial charge in [0.15, 0.2) is 5.13 Å². The summed E-state index contributed by atoms with van der Waals surface area (Å²) in [6.45, 7) is 1.38. The van der Waals surface area contributed by atoms with Crippen molar-refractivity contribution in [2.45, 2.75) is 6.92 Å². The number of hydrogen-bond acceptors (Lipinski definition) is 4. The Labute approximate surface area is 137 Å². The molecule has 3 rings (SSSR count). The summed E-state index contributed by atoms with van der Waals surface area (Å²) in [7, 11) is 0. The summed E-state index contributed by atoms with van der Waals surface area (Å²) in [5.41, 5.74) is 2.31. The van der Waals surface area contributed by atoms with Gasteiger partial charge in [-0.1, -0.05) is 18.2 Å². The molecule has 6 heteroatoms. The second kappa shape index (κ2) is 6.58. The van der Waals surface area contributed by atoms with Crippen molar-refractivity contribution < 1.29 is 9.18 Å². The highest BCUT2D eigenvalue weighted by atomic mass is 32.1. The smallest absolute Gasteiger partial charge is 0.221 e. The number of aromatic nitrogens is 1. The van der Waals surface area contributed by atoms with Gasteiger partial charge in [0.1, 0.15) is 5.82 Å². The van der Waals surface area contributed by atoms with Crippen molar-refractivity contribution in [3.63, 3.8) is 0 Å². The highest BCUT2D eigenvalue weighted by Crippen LogP contribution is 2.30. The molecule has 1 aromatic heterocycles. The molecule has 116 valence electrons. The number of halogens is 1. The van der Waals surface area contributed by atoms with Crippen molar-refractivity contribution in [2.75, 3.05) is 10.6 Å². The Morgan fingerprint density at radius 2 is 1.91 bits per heavy atom. The molecule has 0 spiro atoms. The zero-order chi connectivity index (χ0) is 16.2. The maximum atomic E-state index is 14.2. The first-order valence-electron chi connectivity index (χ1n) is 6.97. The summed E-state index contributed by atoms with van der Waals surface area (Å²) in [4.78, 5) is 15.4. The molecule has 0 aliphatic carbocycles. The average molecular weight is 327 g/mol. The quantitative estimate of drug-likeness (QED) is 0.733. The summed E-state index contributed by atoms with van der Waals surface area (Å²) >= 11 is 1.40. The predicted octanol–water partition coefficient (Wildman–Crippen LogP) is 4.65. The minimum Gasteiger partial charge on any atom is -0.332 e. The fourth-order valence-electron chi connectivity index (χ4n) is 2.10. The molecule has 0 bridgehead atoms. The molecule has 0 saturated carbocycles. The minimum atomic E-state index is -0.423. The van der Waals surface area contributed by atoms with Crippen LogP contribution < -0.4 is 10.6 Å². The molecule has 0 fully saturated rings. The molecular weight excluding hydrogens is 313 g/mol. The van der Waals surface area contributed by atoms with Gasteiger partial charge in [-0.2, -0.15) is 0 Å². The SMILES string of the molecule is CC(=O)Nc1ccc(-c2csc(Nc3ccccc3)n2)c(F)c1. The van der Waals surface area contributed by atoms with Crippen molar-refractivity contribution in [1.82, 2.24) is 4.98 Å². The summed E-state index contributed by atoms with van der Waals surface area (Å²) in [6.07, 6.45) is 0. The van der Waals surface area contributed by atoms with Crippen LogP contribution in [0.15, 0.2) is 53.9 Å². The van der Waals surface area contributed by atoms with E-state index in [-0.39, 0.29) is 5.91 Å². The van der Waals surface area contributed by atoms with Crippen LogP contribution in [0.4, 0.5) is 20.9 Å². The van der Waals surface area contributed by atoms with Crippen LogP contribution in [0.5, 0.6) is 0 Å². The summed E-state index contributed by atoms with van der Waals surface area (Å²) < 4.78 is 14.2. The number of para-hydroxylation sites is 1. The number of hydrogen-bond donors (Lipinski definition) is 2. The van der Waals surface area contributed by atoms with E-state index >= 15 is 0 Å². The highest BCUT2D eigenvalue weighted by Gasteiger charge is 2.11. The fraction of sp³-hybridized carbons (Fsp3) is 0.0588. The lowest BCUT2D eigenvalue weighted by atomic mass is 10.1. The highest BCUT2D eigenvalue weighted by molar-refractivity contribution is 7.14. The molecule has 0 aliphatic heterocycles. The third-order valence-electron chi connectivity index (χ3n) is 3.09. The monoisotopic (exact) mass is 327 g/mol. The minimum absolute atomic E-state index is 0.236. The van der Waals surface area contributed by atoms with Gasteiger partial charge < -0.3 is 10.6 Å². The number of nitrogens with zero attached hydrogens (tertiary/aromatic N) is 1. The Morgan fingerprint density at radius 3 is 2.61 bits per heavy atom. The number of carbonyl (C=O) groups excluding carboxylic acids is 1. The Balaban J connectivity index is 1.81. The number of anilines is 3. The molecule has 1 heterocycles. The average Bonchev–Trinajstić information content (AvgIpc) is 2.96. The molecule has 0 saturated heterocycles. The third kappa shape index (κ3) is 3.73. The Kier molecular flexibility index (Phi) is 4.34. The van der Waals surface area contributed by atoms with Gasteiger partial charge in [-0.25, -0.2) is 9.37 Å². The van der Waals surface area contributed by atoms with Gasteiger partial charge in [0, 0.05) is 29.2 Å². The molecule has 2 N–H and O–H groups in total. The lowest BCUT2D eigenvalue weighted by Gasteiger charge is -2.05. The number of thiazole rings is 1. The van der Waals surface area contributed by atoms with Crippen LogP contribution in [0.25, 0.3) is 11.3 Å². The van der Waals surface area contributed by atoms with E-state index in [2.05, 4.69) is 15.6 Å². The van der Waals surface area contributed by atoms with E-state index in [1.165, 1.54) is 24.3 Å². The number of rotatable bonds is 4. The number of carbonyl (C=O) groups is 1. The fourth-order valence-corrected chi connectivity index (χ4v) is 2.83. The lowest BCUT2D eigenvalue weighted by Crippen LogP contribution is -2.05. The van der Waals surface area contributed by atoms with E-state index in [1.54, 1.807) is 17.5 Å². The number of nitrogens with one attached hydrogen (secondary N) is 2. The van der Waals surface area contributed by atoms with Gasteiger partial charge in [-0.15, -0.1) is 11.3 Å². The van der Waals surface area contributed by atoms with Crippen LogP contribution in [0.1, 0.15) is 6.92 Å². The van der Waals surface area contributed by atoms with Gasteiger partial charge in [0.25, 0.3) is 0 Å². The van der Waals surface area contributed by atoms with Crippen molar-refractivity contribution in [2.24, 2.45) is 0 Å². The first-order chi connectivity index (χ1) is 11.1. The van der Waals surface area contributed by atoms with Crippen LogP contribution in [-0.4, -0.2) is 10.9 Å². The van der Waals surface area contributed by atoms with Crippen LogP contribution in [0.3, 0.4) is 0 Å². The van der Waals surface area contributed by atoms with E-state index in [9.17, 15) is 9.18 Å². The molecule has 0 aliphatic rings. The topological polar surface area (TPSA) is 54.0 Å². The van der Waals surface area contributed by atoms with E-state index < -0.39 is 5.82 Å². The van der Waals surface area contributed by atoms with E-state index in [0.717, 1.165) is 5.69 Å². The van der Waals surface area contributed by atoms with E-state index in [4.69, 9.17) is 0 Å². The third-order valence-corrected chi connectivity index (χ3v) is 3.85. The van der Waals surface area contributed by atoms with Crippen molar-refractivity contribution >= 4 is 33.8 Å². The van der Waals surface area contributed by atoms with Crippen molar-refractivity contribution in [1.29, 1.82) is 0 Å². The van der Waals surface area contributed by atoms with Crippen LogP contribution in [0, 0.1) is 5.82 Å². The molecule has 3 aromatic rings. The normalized spacial score (nSPS) is 10.3. The zero-order valence-corrected chi connectivity index (χ0v) is 13.2. The second-order valence-corrected chi connectivity index (χ2v) is 5.76. The molecule has 1 amide bonds. The van der Waals surface area contributed by atoms with E-state index in [1.807, 2.05) is 30.3 Å². The van der Waals surface area contributed by atoms with Gasteiger partial charge in [-0.3, -0.25) is 4.79 Å². The lowest BCUT2D eigenvalue weighted by molar-refractivity contribution is -0.114. The standard InChI is InChI=1S/C17H14FN3OS/c1-11(22)19-13-7-8-14(15(18)9-13)16-10-23-17(21-16)20-12-5-3-2-4-6-12/h2-10H,1H3,(H,19,22)(H,20,21). The van der Waals surface area contributed by atoms with Crippen molar-refractivity contribution in [3.05, 3.63) is 59.7 Å². The number of amides is 1. The molecule has 23 heavy (non-hydrogen) atoms. The van der Waals surface area contributed by atoms with Crippen LogP contribution in [-0.2, 0) is 4.79 Å². The Morgan fingerprint density at radius 1 is 1.13 bits per heavy atom. The second-order valence-electron chi connectivity index (χ2n) is 4.90. The molecular formula is C17H14FN3OS. The molecule has 0 unspecified atom stereocenters. The Bertz CT molecular complexity index is 833. The first-order valence-corrected chi connectivity index (χ1v) is 7.85. The maximum absolute atomic E-state index is 14.2. The molecule has 0 atom stereocenters. The van der Waals surface area contributed by atoms with Gasteiger partial charge >= 0.3 is 0 Å². The Hall–Kier alpha value is -2.73. The zero-order valence-electron chi connectivity index (χ0n) is 12.3. The summed E-state index contributed by atoms with van der Waals surface area (Å²) in [5.74, 6) is -0.659. The molecule has 2 aromatic carbocycles. The van der Waals surface area contributed by atoms with Gasteiger partial charge in [0.2, 0.25) is 5.91 Å².